The molecule has 2 unspecified atom stereocenters. The second kappa shape index (κ2) is 7.08. The van der Waals surface area contributed by atoms with Gasteiger partial charge in [0.15, 0.2) is 0 Å². The Hall–Kier alpha value is -1.35. The summed E-state index contributed by atoms with van der Waals surface area (Å²) in [6, 6.07) is 11.2. The first-order valence-electron chi connectivity index (χ1n) is 8.39. The smallest absolute Gasteiger partial charge is 0.222 e. The maximum absolute atomic E-state index is 12.4. The number of likely N-dealkylation sites (tertiary alicyclic amines) is 1. The quantitative estimate of drug-likeness (QED) is 0.923. The molecule has 2 fully saturated rings. The topological polar surface area (TPSA) is 32.3 Å². The van der Waals surface area contributed by atoms with Crippen molar-refractivity contribution in [1.82, 2.24) is 10.2 Å². The molecular formula is C18H26N2O. The fraction of sp³-hybridized carbons (Fsp3) is 0.611. The van der Waals surface area contributed by atoms with Gasteiger partial charge in [-0.05, 0) is 37.8 Å². The first-order valence-corrected chi connectivity index (χ1v) is 8.39. The molecule has 114 valence electrons. The van der Waals surface area contributed by atoms with E-state index in [2.05, 4.69) is 40.5 Å². The predicted octanol–water partition coefficient (Wildman–Crippen LogP) is 2.92. The summed E-state index contributed by atoms with van der Waals surface area (Å²) in [6.45, 7) is 2.95. The summed E-state index contributed by atoms with van der Waals surface area (Å²) in [5.74, 6) is 0.878. The molecule has 2 saturated heterocycles. The lowest BCUT2D eigenvalue weighted by molar-refractivity contribution is -0.130. The Morgan fingerprint density at radius 1 is 1.19 bits per heavy atom. The Balaban J connectivity index is 1.46. The van der Waals surface area contributed by atoms with Crippen molar-refractivity contribution in [3.63, 3.8) is 0 Å². The van der Waals surface area contributed by atoms with Crippen LogP contribution in [-0.2, 0) is 4.79 Å². The molecule has 2 aliphatic rings. The molecule has 0 aliphatic carbocycles. The van der Waals surface area contributed by atoms with E-state index in [1.807, 2.05) is 0 Å². The van der Waals surface area contributed by atoms with E-state index in [-0.39, 0.29) is 0 Å². The number of carbonyl (C=O) groups is 1. The first kappa shape index (κ1) is 14.6. The zero-order valence-electron chi connectivity index (χ0n) is 12.8. The third kappa shape index (κ3) is 3.85. The van der Waals surface area contributed by atoms with Gasteiger partial charge in [0.25, 0.3) is 0 Å². The SMILES string of the molecule is O=C(CCC1CCCCN1)N1CCC(c2ccccc2)C1. The molecule has 0 bridgehead atoms. The summed E-state index contributed by atoms with van der Waals surface area (Å²) >= 11 is 0. The van der Waals surface area contributed by atoms with E-state index < -0.39 is 0 Å². The maximum Gasteiger partial charge on any atom is 0.222 e. The van der Waals surface area contributed by atoms with Crippen LogP contribution in [0.2, 0.25) is 0 Å². The van der Waals surface area contributed by atoms with Gasteiger partial charge in [0.2, 0.25) is 5.91 Å². The highest BCUT2D eigenvalue weighted by Gasteiger charge is 2.27. The average Bonchev–Trinajstić information content (AvgIpc) is 3.04. The van der Waals surface area contributed by atoms with Crippen molar-refractivity contribution in [2.45, 2.75) is 50.5 Å². The third-order valence-electron chi connectivity index (χ3n) is 4.93. The van der Waals surface area contributed by atoms with Crippen molar-refractivity contribution >= 4 is 5.91 Å². The zero-order valence-corrected chi connectivity index (χ0v) is 12.8. The molecule has 3 rings (SSSR count). The van der Waals surface area contributed by atoms with E-state index in [1.165, 1.54) is 24.8 Å². The van der Waals surface area contributed by atoms with Gasteiger partial charge >= 0.3 is 0 Å². The standard InChI is InChI=1S/C18H26N2O/c21-18(10-9-17-8-4-5-12-19-17)20-13-11-16(14-20)15-6-2-1-3-7-15/h1-3,6-7,16-17,19H,4-5,8-14H2. The molecule has 1 amide bonds. The van der Waals surface area contributed by atoms with Crippen molar-refractivity contribution in [2.75, 3.05) is 19.6 Å². The molecule has 0 spiro atoms. The third-order valence-corrected chi connectivity index (χ3v) is 4.93. The number of rotatable bonds is 4. The molecule has 0 saturated carbocycles. The summed E-state index contributed by atoms with van der Waals surface area (Å²) in [5, 5.41) is 3.53. The Kier molecular flexibility index (Phi) is 4.91. The highest BCUT2D eigenvalue weighted by molar-refractivity contribution is 5.76. The van der Waals surface area contributed by atoms with Gasteiger partial charge in [-0.3, -0.25) is 4.79 Å². The van der Waals surface area contributed by atoms with Crippen LogP contribution in [0.3, 0.4) is 0 Å². The van der Waals surface area contributed by atoms with Crippen LogP contribution in [-0.4, -0.2) is 36.5 Å². The molecular weight excluding hydrogens is 260 g/mol. The summed E-state index contributed by atoms with van der Waals surface area (Å²) < 4.78 is 0. The number of nitrogens with zero attached hydrogens (tertiary/aromatic N) is 1. The molecule has 3 nitrogen and oxygen atoms in total. The summed E-state index contributed by atoms with van der Waals surface area (Å²) in [7, 11) is 0. The number of nitrogens with one attached hydrogen (secondary N) is 1. The first-order chi connectivity index (χ1) is 10.3. The van der Waals surface area contributed by atoms with Gasteiger partial charge in [-0.2, -0.15) is 0 Å². The van der Waals surface area contributed by atoms with Crippen LogP contribution >= 0.6 is 0 Å². The predicted molar refractivity (Wildman–Crippen MR) is 85.3 cm³/mol. The highest BCUT2D eigenvalue weighted by atomic mass is 16.2. The molecule has 2 aliphatic heterocycles. The molecule has 2 atom stereocenters. The van der Waals surface area contributed by atoms with Crippen molar-refractivity contribution < 1.29 is 4.79 Å². The molecule has 2 heterocycles. The fourth-order valence-corrected chi connectivity index (χ4v) is 3.61. The van der Waals surface area contributed by atoms with E-state index in [4.69, 9.17) is 0 Å². The van der Waals surface area contributed by atoms with Gasteiger partial charge in [0.05, 0.1) is 0 Å². The van der Waals surface area contributed by atoms with Crippen LogP contribution in [0.15, 0.2) is 30.3 Å². The Labute approximate surface area is 127 Å². The van der Waals surface area contributed by atoms with Crippen molar-refractivity contribution in [2.24, 2.45) is 0 Å². The number of hydrogen-bond donors (Lipinski definition) is 1. The lowest BCUT2D eigenvalue weighted by atomic mass is 9.99. The van der Waals surface area contributed by atoms with Gasteiger partial charge in [0, 0.05) is 31.5 Å². The lowest BCUT2D eigenvalue weighted by Gasteiger charge is -2.24. The van der Waals surface area contributed by atoms with Crippen molar-refractivity contribution in [3.05, 3.63) is 35.9 Å². The molecule has 3 heteroatoms. The van der Waals surface area contributed by atoms with Crippen molar-refractivity contribution in [1.29, 1.82) is 0 Å². The number of amides is 1. The average molecular weight is 286 g/mol. The second-order valence-electron chi connectivity index (χ2n) is 6.42. The van der Waals surface area contributed by atoms with Gasteiger partial charge < -0.3 is 10.2 Å². The molecule has 1 aromatic carbocycles. The molecule has 0 radical (unpaired) electrons. The van der Waals surface area contributed by atoms with Crippen LogP contribution in [0.5, 0.6) is 0 Å². The minimum atomic E-state index is 0.348. The molecule has 21 heavy (non-hydrogen) atoms. The highest BCUT2D eigenvalue weighted by Crippen LogP contribution is 2.27. The van der Waals surface area contributed by atoms with Crippen LogP contribution in [0.25, 0.3) is 0 Å². The van der Waals surface area contributed by atoms with Crippen molar-refractivity contribution in [3.8, 4) is 0 Å². The van der Waals surface area contributed by atoms with E-state index in [0.29, 0.717) is 24.3 Å². The number of piperidine rings is 1. The minimum absolute atomic E-state index is 0.348. The van der Waals surface area contributed by atoms with Gasteiger partial charge in [-0.25, -0.2) is 0 Å². The van der Waals surface area contributed by atoms with E-state index >= 15 is 0 Å². The Morgan fingerprint density at radius 3 is 2.81 bits per heavy atom. The Morgan fingerprint density at radius 2 is 2.05 bits per heavy atom. The maximum atomic E-state index is 12.4. The van der Waals surface area contributed by atoms with E-state index in [0.717, 1.165) is 32.5 Å². The molecule has 1 aromatic rings. The van der Waals surface area contributed by atoms with Gasteiger partial charge in [-0.1, -0.05) is 36.8 Å². The Bertz CT molecular complexity index is 454. The number of benzene rings is 1. The normalized spacial score (nSPS) is 26.0. The summed E-state index contributed by atoms with van der Waals surface area (Å²) in [6.07, 6.45) is 6.66. The van der Waals surface area contributed by atoms with Crippen LogP contribution < -0.4 is 5.32 Å². The monoisotopic (exact) mass is 286 g/mol. The van der Waals surface area contributed by atoms with Crippen LogP contribution in [0.4, 0.5) is 0 Å². The summed E-state index contributed by atoms with van der Waals surface area (Å²) in [4.78, 5) is 14.4. The zero-order chi connectivity index (χ0) is 14.5. The number of hydrogen-bond acceptors (Lipinski definition) is 2. The van der Waals surface area contributed by atoms with E-state index in [9.17, 15) is 4.79 Å². The summed E-state index contributed by atoms with van der Waals surface area (Å²) in [5.41, 5.74) is 1.38. The van der Waals surface area contributed by atoms with Crippen LogP contribution in [0.1, 0.15) is 50.0 Å². The largest absolute Gasteiger partial charge is 0.342 e. The molecule has 0 aromatic heterocycles. The van der Waals surface area contributed by atoms with Gasteiger partial charge in [0.1, 0.15) is 0 Å². The van der Waals surface area contributed by atoms with E-state index in [1.54, 1.807) is 0 Å². The second-order valence-corrected chi connectivity index (χ2v) is 6.42. The fourth-order valence-electron chi connectivity index (χ4n) is 3.61. The van der Waals surface area contributed by atoms with Gasteiger partial charge in [-0.15, -0.1) is 0 Å². The molecule has 1 N–H and O–H groups in total. The minimum Gasteiger partial charge on any atom is -0.342 e. The lowest BCUT2D eigenvalue weighted by Crippen LogP contribution is -2.36. The van der Waals surface area contributed by atoms with Crippen LogP contribution in [0, 0.1) is 0 Å². The number of carbonyl (C=O) groups excluding carboxylic acids is 1.